The maximum atomic E-state index is 14.5. The molecule has 32 heavy (non-hydrogen) atoms. The van der Waals surface area contributed by atoms with Crippen molar-refractivity contribution >= 4 is 11.7 Å². The summed E-state index contributed by atoms with van der Waals surface area (Å²) in [6.07, 6.45) is 1.90. The van der Waals surface area contributed by atoms with Crippen molar-refractivity contribution < 1.29 is 14.3 Å². The molecule has 3 aromatic rings. The molecule has 0 saturated carbocycles. The number of fused-ring (bicyclic) bond motifs is 1. The minimum absolute atomic E-state index is 0.0587. The number of anilines is 1. The summed E-state index contributed by atoms with van der Waals surface area (Å²) in [6, 6.07) is 18.4. The first-order valence-corrected chi connectivity index (χ1v) is 11.4. The number of nitrogens with one attached hydrogen (secondary N) is 1. The van der Waals surface area contributed by atoms with E-state index in [9.17, 15) is 9.18 Å². The molecule has 1 aliphatic rings. The Labute approximate surface area is 190 Å². The number of carbonyl (C=O) groups is 1. The summed E-state index contributed by atoms with van der Waals surface area (Å²) in [4.78, 5) is 10.8. The molecular weight excluding hydrogens is 401 g/mol. The van der Waals surface area contributed by atoms with Crippen LogP contribution in [0.15, 0.2) is 54.6 Å². The second-order valence-electron chi connectivity index (χ2n) is 8.12. The number of carboxylic acids is 1. The van der Waals surface area contributed by atoms with Crippen LogP contribution >= 0.6 is 0 Å². The first kappa shape index (κ1) is 23.5. The summed E-state index contributed by atoms with van der Waals surface area (Å²) < 4.78 is 14.5. The second kappa shape index (κ2) is 10.4. The van der Waals surface area contributed by atoms with Crippen LogP contribution in [0.4, 0.5) is 10.1 Å². The van der Waals surface area contributed by atoms with E-state index < -0.39 is 5.97 Å². The van der Waals surface area contributed by atoms with Gasteiger partial charge in [-0.05, 0) is 84.2 Å². The molecule has 0 radical (unpaired) electrons. The Morgan fingerprint density at radius 3 is 2.44 bits per heavy atom. The van der Waals surface area contributed by atoms with Gasteiger partial charge >= 0.3 is 5.97 Å². The van der Waals surface area contributed by atoms with E-state index >= 15 is 0 Å². The zero-order chi connectivity index (χ0) is 23.3. The van der Waals surface area contributed by atoms with Crippen molar-refractivity contribution in [3.05, 3.63) is 88.2 Å². The van der Waals surface area contributed by atoms with Crippen molar-refractivity contribution in [1.82, 2.24) is 0 Å². The van der Waals surface area contributed by atoms with Crippen molar-refractivity contribution in [1.29, 1.82) is 0 Å². The number of rotatable bonds is 5. The van der Waals surface area contributed by atoms with E-state index in [1.165, 1.54) is 33.9 Å². The summed E-state index contributed by atoms with van der Waals surface area (Å²) in [5.74, 6) is -1.25. The first-order chi connectivity index (χ1) is 15.4. The monoisotopic (exact) mass is 433 g/mol. The zero-order valence-corrected chi connectivity index (χ0v) is 19.3. The predicted octanol–water partition coefficient (Wildman–Crippen LogP) is 7.25. The average molecular weight is 434 g/mol. The first-order valence-electron chi connectivity index (χ1n) is 11.4. The SMILES string of the molecule is CC.Cc1cccc(C)c1-c1cccc(C2CCc3cc(CCC(=O)O)c(F)cc3N2)c1. The van der Waals surface area contributed by atoms with Crippen LogP contribution in [-0.4, -0.2) is 11.1 Å². The molecule has 0 spiro atoms. The molecule has 0 amide bonds. The molecule has 3 nitrogen and oxygen atoms in total. The molecule has 4 heteroatoms. The third kappa shape index (κ3) is 5.18. The quantitative estimate of drug-likeness (QED) is 0.445. The normalized spacial score (nSPS) is 14.6. The highest BCUT2D eigenvalue weighted by Crippen LogP contribution is 2.36. The van der Waals surface area contributed by atoms with Crippen LogP contribution < -0.4 is 5.32 Å². The minimum atomic E-state index is -0.908. The molecule has 0 saturated heterocycles. The third-order valence-corrected chi connectivity index (χ3v) is 5.97. The number of hydrogen-bond donors (Lipinski definition) is 2. The van der Waals surface area contributed by atoms with Crippen molar-refractivity contribution in [2.24, 2.45) is 0 Å². The van der Waals surface area contributed by atoms with Crippen molar-refractivity contribution in [3.8, 4) is 11.1 Å². The highest BCUT2D eigenvalue weighted by molar-refractivity contribution is 5.71. The lowest BCUT2D eigenvalue weighted by atomic mass is 9.89. The predicted molar refractivity (Wildman–Crippen MR) is 130 cm³/mol. The fraction of sp³-hybridized carbons (Fsp3) is 0.321. The van der Waals surface area contributed by atoms with Crippen molar-refractivity contribution in [2.45, 2.75) is 59.4 Å². The van der Waals surface area contributed by atoms with Gasteiger partial charge in [0.25, 0.3) is 0 Å². The summed E-state index contributed by atoms with van der Waals surface area (Å²) in [5.41, 5.74) is 8.51. The highest BCUT2D eigenvalue weighted by atomic mass is 19.1. The molecule has 1 heterocycles. The van der Waals surface area contributed by atoms with E-state index in [1.54, 1.807) is 0 Å². The van der Waals surface area contributed by atoms with E-state index in [1.807, 2.05) is 19.9 Å². The molecule has 1 atom stereocenters. The van der Waals surface area contributed by atoms with E-state index in [4.69, 9.17) is 5.11 Å². The van der Waals surface area contributed by atoms with Gasteiger partial charge in [-0.1, -0.05) is 56.3 Å². The van der Waals surface area contributed by atoms with Crippen LogP contribution in [0.5, 0.6) is 0 Å². The molecular formula is C28H32FNO2. The number of carboxylic acid groups (broad SMARTS) is 1. The minimum Gasteiger partial charge on any atom is -0.481 e. The van der Waals surface area contributed by atoms with E-state index in [2.05, 4.69) is 61.6 Å². The Bertz CT molecular complexity index is 1090. The summed E-state index contributed by atoms with van der Waals surface area (Å²) in [7, 11) is 0. The zero-order valence-electron chi connectivity index (χ0n) is 19.3. The van der Waals surface area contributed by atoms with E-state index in [0.717, 1.165) is 24.1 Å². The molecule has 0 aliphatic carbocycles. The van der Waals surface area contributed by atoms with Gasteiger partial charge in [-0.15, -0.1) is 0 Å². The topological polar surface area (TPSA) is 49.3 Å². The fourth-order valence-corrected chi connectivity index (χ4v) is 4.43. The van der Waals surface area contributed by atoms with Gasteiger partial charge in [0.15, 0.2) is 0 Å². The lowest BCUT2D eigenvalue weighted by Crippen LogP contribution is -2.19. The van der Waals surface area contributed by atoms with Crippen molar-refractivity contribution in [3.63, 3.8) is 0 Å². The lowest BCUT2D eigenvalue weighted by Gasteiger charge is -2.28. The van der Waals surface area contributed by atoms with E-state index in [-0.39, 0.29) is 24.7 Å². The maximum absolute atomic E-state index is 14.5. The Kier molecular flexibility index (Phi) is 7.68. The van der Waals surface area contributed by atoms with Gasteiger partial charge in [-0.25, -0.2) is 4.39 Å². The largest absolute Gasteiger partial charge is 0.481 e. The van der Waals surface area contributed by atoms with Gasteiger partial charge in [0.2, 0.25) is 0 Å². The summed E-state index contributed by atoms with van der Waals surface area (Å²) >= 11 is 0. The standard InChI is InChI=1S/C26H26FNO2.C2H6/c1-16-5-3-6-17(2)26(16)21-8-4-7-19(14-21)23-11-9-20-13-18(10-12-25(29)30)22(27)15-24(20)28-23;1-2/h3-8,13-15,23,28H,9-12H2,1-2H3,(H,29,30);1-2H3. The van der Waals surface area contributed by atoms with Crippen LogP contribution in [0.25, 0.3) is 11.1 Å². The second-order valence-corrected chi connectivity index (χ2v) is 8.12. The molecule has 1 unspecified atom stereocenters. The van der Waals surface area contributed by atoms with Crippen LogP contribution in [0.2, 0.25) is 0 Å². The fourth-order valence-electron chi connectivity index (χ4n) is 4.43. The number of benzene rings is 3. The number of aryl methyl sites for hydroxylation is 4. The summed E-state index contributed by atoms with van der Waals surface area (Å²) in [6.45, 7) is 8.27. The van der Waals surface area contributed by atoms with E-state index in [0.29, 0.717) is 5.56 Å². The maximum Gasteiger partial charge on any atom is 0.303 e. The molecule has 168 valence electrons. The number of hydrogen-bond acceptors (Lipinski definition) is 2. The smallest absolute Gasteiger partial charge is 0.303 e. The van der Waals surface area contributed by atoms with Crippen LogP contribution in [0.3, 0.4) is 0 Å². The number of halogens is 1. The molecule has 3 aromatic carbocycles. The Morgan fingerprint density at radius 2 is 1.75 bits per heavy atom. The molecule has 0 aromatic heterocycles. The van der Waals surface area contributed by atoms with Gasteiger partial charge in [0, 0.05) is 12.1 Å². The van der Waals surface area contributed by atoms with Crippen LogP contribution in [-0.2, 0) is 17.6 Å². The summed E-state index contributed by atoms with van der Waals surface area (Å²) in [5, 5.41) is 12.4. The Balaban J connectivity index is 0.00000141. The molecule has 4 rings (SSSR count). The molecule has 0 bridgehead atoms. The molecule has 1 aliphatic heterocycles. The van der Waals surface area contributed by atoms with Gasteiger partial charge < -0.3 is 10.4 Å². The highest BCUT2D eigenvalue weighted by Gasteiger charge is 2.22. The van der Waals surface area contributed by atoms with Gasteiger partial charge in [0.05, 0.1) is 6.04 Å². The Hall–Kier alpha value is -3.14. The van der Waals surface area contributed by atoms with Gasteiger partial charge in [-0.2, -0.15) is 0 Å². The Morgan fingerprint density at radius 1 is 1.06 bits per heavy atom. The molecule has 0 fully saturated rings. The molecule has 2 N–H and O–H groups in total. The number of aliphatic carboxylic acids is 1. The van der Waals surface area contributed by atoms with Crippen molar-refractivity contribution in [2.75, 3.05) is 5.32 Å². The van der Waals surface area contributed by atoms with Crippen LogP contribution in [0.1, 0.15) is 60.5 Å². The lowest BCUT2D eigenvalue weighted by molar-refractivity contribution is -0.136. The van der Waals surface area contributed by atoms with Gasteiger partial charge in [-0.3, -0.25) is 4.79 Å². The third-order valence-electron chi connectivity index (χ3n) is 5.97. The van der Waals surface area contributed by atoms with Crippen LogP contribution in [0, 0.1) is 19.7 Å². The van der Waals surface area contributed by atoms with Gasteiger partial charge in [0.1, 0.15) is 5.82 Å². The average Bonchev–Trinajstić information content (AvgIpc) is 2.79.